The summed E-state index contributed by atoms with van der Waals surface area (Å²) >= 11 is 0. The molecule has 0 saturated heterocycles. The van der Waals surface area contributed by atoms with Crippen LogP contribution < -0.4 is 14.8 Å². The molecule has 0 bridgehead atoms. The quantitative estimate of drug-likeness (QED) is 0.823. The van der Waals surface area contributed by atoms with E-state index in [1.807, 2.05) is 18.2 Å². The molecule has 0 aliphatic heterocycles. The zero-order valence-electron chi connectivity index (χ0n) is 10.5. The minimum atomic E-state index is -0.264. The number of hydrogen-bond donors (Lipinski definition) is 1. The Bertz CT molecular complexity index is 452. The molecule has 0 radical (unpaired) electrons. The first-order valence-electron chi connectivity index (χ1n) is 5.56. The first-order chi connectivity index (χ1) is 8.72. The average Bonchev–Trinajstić information content (AvgIpc) is 2.38. The van der Waals surface area contributed by atoms with Crippen LogP contribution in [0.3, 0.4) is 0 Å². The van der Waals surface area contributed by atoms with Crippen LogP contribution in [0.5, 0.6) is 11.5 Å². The van der Waals surface area contributed by atoms with Gasteiger partial charge >= 0.3 is 0 Å². The van der Waals surface area contributed by atoms with Gasteiger partial charge in [-0.1, -0.05) is 12.1 Å². The number of nitrogens with zero attached hydrogens (tertiary/aromatic N) is 1. The topological polar surface area (TPSA) is 71.3 Å². The van der Waals surface area contributed by atoms with Crippen molar-refractivity contribution in [1.29, 1.82) is 5.26 Å². The summed E-state index contributed by atoms with van der Waals surface area (Å²) < 4.78 is 10.5. The second-order valence-electron chi connectivity index (χ2n) is 3.59. The highest BCUT2D eigenvalue weighted by Crippen LogP contribution is 2.30. The average molecular weight is 248 g/mol. The van der Waals surface area contributed by atoms with E-state index in [0.29, 0.717) is 24.5 Å². The molecule has 1 aromatic carbocycles. The molecule has 1 amide bonds. The van der Waals surface area contributed by atoms with Crippen LogP contribution in [-0.2, 0) is 11.2 Å². The molecule has 1 rings (SSSR count). The van der Waals surface area contributed by atoms with Gasteiger partial charge in [0, 0.05) is 6.54 Å². The summed E-state index contributed by atoms with van der Waals surface area (Å²) in [4.78, 5) is 11.1. The van der Waals surface area contributed by atoms with E-state index in [1.54, 1.807) is 20.3 Å². The van der Waals surface area contributed by atoms with Gasteiger partial charge in [0.05, 0.1) is 20.3 Å². The lowest BCUT2D eigenvalue weighted by Crippen LogP contribution is -2.25. The number of nitrogens with one attached hydrogen (secondary N) is 1. The van der Waals surface area contributed by atoms with E-state index in [0.717, 1.165) is 5.56 Å². The molecule has 0 spiro atoms. The predicted molar refractivity (Wildman–Crippen MR) is 66.5 cm³/mol. The largest absolute Gasteiger partial charge is 0.493 e. The highest BCUT2D eigenvalue weighted by molar-refractivity contribution is 5.77. The molecule has 0 fully saturated rings. The van der Waals surface area contributed by atoms with Gasteiger partial charge in [-0.2, -0.15) is 5.26 Å². The van der Waals surface area contributed by atoms with Crippen LogP contribution in [0.4, 0.5) is 0 Å². The number of carbonyl (C=O) groups is 1. The van der Waals surface area contributed by atoms with E-state index in [4.69, 9.17) is 14.7 Å². The van der Waals surface area contributed by atoms with Crippen LogP contribution in [-0.4, -0.2) is 26.7 Å². The van der Waals surface area contributed by atoms with Gasteiger partial charge in [-0.3, -0.25) is 4.79 Å². The molecule has 0 atom stereocenters. The number of hydrogen-bond acceptors (Lipinski definition) is 4. The highest BCUT2D eigenvalue weighted by Gasteiger charge is 2.09. The van der Waals surface area contributed by atoms with Crippen LogP contribution in [0.1, 0.15) is 12.0 Å². The Morgan fingerprint density at radius 1 is 1.39 bits per heavy atom. The fourth-order valence-corrected chi connectivity index (χ4v) is 1.62. The Balaban J connectivity index is 2.62. The number of rotatable bonds is 6. The van der Waals surface area contributed by atoms with Crippen molar-refractivity contribution in [2.75, 3.05) is 20.8 Å². The maximum atomic E-state index is 11.1. The zero-order valence-corrected chi connectivity index (χ0v) is 10.5. The Morgan fingerprint density at radius 2 is 2.17 bits per heavy atom. The fourth-order valence-electron chi connectivity index (χ4n) is 1.62. The molecule has 0 heterocycles. The zero-order chi connectivity index (χ0) is 13.4. The second-order valence-corrected chi connectivity index (χ2v) is 3.59. The van der Waals surface area contributed by atoms with Crippen molar-refractivity contribution in [3.63, 3.8) is 0 Å². The summed E-state index contributed by atoms with van der Waals surface area (Å²) in [7, 11) is 3.16. The van der Waals surface area contributed by atoms with Gasteiger partial charge in [-0.15, -0.1) is 0 Å². The van der Waals surface area contributed by atoms with E-state index in [2.05, 4.69) is 5.32 Å². The van der Waals surface area contributed by atoms with Gasteiger partial charge in [0.2, 0.25) is 5.91 Å². The van der Waals surface area contributed by atoms with Gasteiger partial charge in [-0.05, 0) is 18.1 Å². The predicted octanol–water partition coefficient (Wildman–Crippen LogP) is 1.28. The Hall–Kier alpha value is -2.22. The van der Waals surface area contributed by atoms with Crippen LogP contribution in [0.2, 0.25) is 0 Å². The van der Waals surface area contributed by atoms with Crippen molar-refractivity contribution < 1.29 is 14.3 Å². The van der Waals surface area contributed by atoms with Gasteiger partial charge in [-0.25, -0.2) is 0 Å². The van der Waals surface area contributed by atoms with E-state index in [9.17, 15) is 4.79 Å². The van der Waals surface area contributed by atoms with Crippen molar-refractivity contribution >= 4 is 5.91 Å². The first-order valence-corrected chi connectivity index (χ1v) is 5.56. The summed E-state index contributed by atoms with van der Waals surface area (Å²) in [5, 5.41) is 11.0. The lowest BCUT2D eigenvalue weighted by Gasteiger charge is -2.12. The third-order valence-corrected chi connectivity index (χ3v) is 2.44. The summed E-state index contributed by atoms with van der Waals surface area (Å²) in [5.41, 5.74) is 0.953. The number of carbonyl (C=O) groups excluding carboxylic acids is 1. The van der Waals surface area contributed by atoms with E-state index < -0.39 is 0 Å². The third-order valence-electron chi connectivity index (χ3n) is 2.44. The van der Waals surface area contributed by atoms with Crippen LogP contribution in [0.15, 0.2) is 18.2 Å². The molecular formula is C13H16N2O3. The van der Waals surface area contributed by atoms with Crippen molar-refractivity contribution in [3.05, 3.63) is 23.8 Å². The molecule has 0 aliphatic rings. The molecule has 0 aliphatic carbocycles. The Labute approximate surface area is 106 Å². The summed E-state index contributed by atoms with van der Waals surface area (Å²) in [5.74, 6) is 1.08. The van der Waals surface area contributed by atoms with Gasteiger partial charge < -0.3 is 14.8 Å². The summed E-state index contributed by atoms with van der Waals surface area (Å²) in [6, 6.07) is 7.40. The number of para-hydroxylation sites is 1. The smallest absolute Gasteiger partial charge is 0.234 e. The Morgan fingerprint density at radius 3 is 2.78 bits per heavy atom. The number of nitriles is 1. The molecular weight excluding hydrogens is 232 g/mol. The SMILES string of the molecule is COc1cccc(CCNC(=O)CC#N)c1OC. The van der Waals surface area contributed by atoms with Crippen LogP contribution in [0, 0.1) is 11.3 Å². The molecule has 18 heavy (non-hydrogen) atoms. The van der Waals surface area contributed by atoms with Gasteiger partial charge in [0.25, 0.3) is 0 Å². The van der Waals surface area contributed by atoms with Gasteiger partial charge in [0.15, 0.2) is 11.5 Å². The van der Waals surface area contributed by atoms with Crippen molar-refractivity contribution in [3.8, 4) is 17.6 Å². The summed E-state index contributed by atoms with van der Waals surface area (Å²) in [6.45, 7) is 0.462. The maximum absolute atomic E-state index is 11.1. The minimum Gasteiger partial charge on any atom is -0.493 e. The van der Waals surface area contributed by atoms with Crippen LogP contribution in [0.25, 0.3) is 0 Å². The second kappa shape index (κ2) is 7.17. The monoisotopic (exact) mass is 248 g/mol. The molecule has 96 valence electrons. The third kappa shape index (κ3) is 3.67. The van der Waals surface area contributed by atoms with E-state index in [-0.39, 0.29) is 12.3 Å². The molecule has 1 N–H and O–H groups in total. The van der Waals surface area contributed by atoms with Gasteiger partial charge in [0.1, 0.15) is 6.42 Å². The summed E-state index contributed by atoms with van der Waals surface area (Å²) in [6.07, 6.45) is 0.507. The van der Waals surface area contributed by atoms with E-state index >= 15 is 0 Å². The van der Waals surface area contributed by atoms with Crippen LogP contribution >= 0.6 is 0 Å². The molecule has 5 nitrogen and oxygen atoms in total. The molecule has 0 saturated carbocycles. The van der Waals surface area contributed by atoms with E-state index in [1.165, 1.54) is 0 Å². The number of amides is 1. The molecule has 0 unspecified atom stereocenters. The number of ether oxygens (including phenoxy) is 2. The van der Waals surface area contributed by atoms with Crippen molar-refractivity contribution in [2.45, 2.75) is 12.8 Å². The lowest BCUT2D eigenvalue weighted by atomic mass is 10.1. The molecule has 1 aromatic rings. The first kappa shape index (κ1) is 13.8. The normalized spacial score (nSPS) is 9.39. The Kier molecular flexibility index (Phi) is 5.52. The lowest BCUT2D eigenvalue weighted by molar-refractivity contribution is -0.120. The van der Waals surface area contributed by atoms with Crippen molar-refractivity contribution in [1.82, 2.24) is 5.32 Å². The number of methoxy groups -OCH3 is 2. The fraction of sp³-hybridized carbons (Fsp3) is 0.385. The highest BCUT2D eigenvalue weighted by atomic mass is 16.5. The minimum absolute atomic E-state index is 0.116. The standard InChI is InChI=1S/C13H16N2O3/c1-17-11-5-3-4-10(13(11)18-2)7-9-15-12(16)6-8-14/h3-5H,6-7,9H2,1-2H3,(H,15,16). The maximum Gasteiger partial charge on any atom is 0.234 e. The molecule has 5 heteroatoms. The van der Waals surface area contributed by atoms with Crippen molar-refractivity contribution in [2.24, 2.45) is 0 Å². The number of benzene rings is 1. The molecule has 0 aromatic heterocycles.